The molecule has 0 aliphatic heterocycles. The number of amides is 1. The second kappa shape index (κ2) is 8.34. The summed E-state index contributed by atoms with van der Waals surface area (Å²) in [5.41, 5.74) is 3.16. The van der Waals surface area contributed by atoms with Crippen LogP contribution in [0, 0.1) is 13.8 Å². The topological polar surface area (TPSA) is 103 Å². The van der Waals surface area contributed by atoms with Crippen molar-refractivity contribution in [3.8, 4) is 11.5 Å². The normalized spacial score (nSPS) is 10.5. The van der Waals surface area contributed by atoms with Gasteiger partial charge in [-0.25, -0.2) is 4.79 Å². The van der Waals surface area contributed by atoms with Crippen molar-refractivity contribution in [3.63, 3.8) is 0 Å². The van der Waals surface area contributed by atoms with Crippen LogP contribution in [0.15, 0.2) is 57.7 Å². The number of hydrogen-bond acceptors (Lipinski definition) is 6. The molecule has 8 nitrogen and oxygen atoms in total. The third-order valence-corrected chi connectivity index (χ3v) is 3.94. The largest absolute Gasteiger partial charge is 0.454 e. The smallest absolute Gasteiger partial charge is 0.437 e. The number of ether oxygens (including phenoxy) is 1. The van der Waals surface area contributed by atoms with Crippen molar-refractivity contribution in [2.45, 2.75) is 20.4 Å². The molecule has 0 spiro atoms. The van der Waals surface area contributed by atoms with Crippen molar-refractivity contribution >= 4 is 17.6 Å². The second-order valence-electron chi connectivity index (χ2n) is 6.22. The predicted molar refractivity (Wildman–Crippen MR) is 102 cm³/mol. The molecule has 1 heterocycles. The number of aryl methyl sites for hydroxylation is 2. The van der Waals surface area contributed by atoms with Crippen molar-refractivity contribution in [2.24, 2.45) is 0 Å². The molecule has 1 amide bonds. The van der Waals surface area contributed by atoms with Crippen LogP contribution in [0.5, 0.6) is 0 Å². The summed E-state index contributed by atoms with van der Waals surface area (Å²) in [5.74, 6) is -1.92. The van der Waals surface area contributed by atoms with Crippen molar-refractivity contribution < 1.29 is 18.7 Å². The van der Waals surface area contributed by atoms with E-state index in [0.29, 0.717) is 11.3 Å². The Labute approximate surface area is 160 Å². The zero-order valence-electron chi connectivity index (χ0n) is 15.5. The molecule has 1 N–H and O–H groups in total. The molecular formula is C20H19N3O5. The maximum atomic E-state index is 12.0. The third kappa shape index (κ3) is 4.73. The Balaban J connectivity index is 1.56. The van der Waals surface area contributed by atoms with E-state index in [9.17, 15) is 14.4 Å². The standard InChI is InChI=1S/C20H19N3O5/c1-13-8-9-14(2)16(10-13)21-17(24)12-27-18(25)11-23-20(26)28-19(22-23)15-6-4-3-5-7-15/h3-10H,11-12H2,1-2H3,(H,21,24). The van der Waals surface area contributed by atoms with Gasteiger partial charge in [0, 0.05) is 11.3 Å². The zero-order chi connectivity index (χ0) is 20.1. The molecule has 0 aliphatic rings. The average molecular weight is 381 g/mol. The number of rotatable bonds is 6. The highest BCUT2D eigenvalue weighted by Gasteiger charge is 2.15. The first-order valence-electron chi connectivity index (χ1n) is 8.58. The summed E-state index contributed by atoms with van der Waals surface area (Å²) < 4.78 is 10.8. The fourth-order valence-electron chi connectivity index (χ4n) is 2.47. The van der Waals surface area contributed by atoms with Gasteiger partial charge in [0.2, 0.25) is 5.89 Å². The van der Waals surface area contributed by atoms with E-state index >= 15 is 0 Å². The molecule has 144 valence electrons. The molecule has 2 aromatic carbocycles. The molecule has 3 rings (SSSR count). The lowest BCUT2D eigenvalue weighted by atomic mass is 10.1. The molecule has 8 heteroatoms. The Morgan fingerprint density at radius 1 is 1.14 bits per heavy atom. The van der Waals surface area contributed by atoms with Crippen LogP contribution in [-0.4, -0.2) is 28.3 Å². The fourth-order valence-corrected chi connectivity index (χ4v) is 2.47. The van der Waals surface area contributed by atoms with Gasteiger partial charge >= 0.3 is 11.7 Å². The molecule has 0 aliphatic carbocycles. The first kappa shape index (κ1) is 19.1. The highest BCUT2D eigenvalue weighted by Crippen LogP contribution is 2.16. The minimum absolute atomic E-state index is 0.103. The molecule has 0 bridgehead atoms. The quantitative estimate of drug-likeness (QED) is 0.657. The second-order valence-corrected chi connectivity index (χ2v) is 6.22. The number of carbonyl (C=O) groups excluding carboxylic acids is 2. The van der Waals surface area contributed by atoms with Crippen LogP contribution in [0.4, 0.5) is 5.69 Å². The van der Waals surface area contributed by atoms with Crippen molar-refractivity contribution in [1.29, 1.82) is 0 Å². The summed E-state index contributed by atoms with van der Waals surface area (Å²) in [5, 5.41) is 6.66. The van der Waals surface area contributed by atoms with E-state index in [1.807, 2.05) is 38.1 Å². The molecule has 0 saturated carbocycles. The SMILES string of the molecule is Cc1ccc(C)c(NC(=O)COC(=O)Cn2nc(-c3ccccc3)oc2=O)c1. The molecule has 0 radical (unpaired) electrons. The van der Waals surface area contributed by atoms with Crippen LogP contribution in [0.2, 0.25) is 0 Å². The van der Waals surface area contributed by atoms with Crippen molar-refractivity contribution in [2.75, 3.05) is 11.9 Å². The molecule has 3 aromatic rings. The number of nitrogens with one attached hydrogen (secondary N) is 1. The van der Waals surface area contributed by atoms with E-state index in [2.05, 4.69) is 10.4 Å². The van der Waals surface area contributed by atoms with Crippen LogP contribution in [0.3, 0.4) is 0 Å². The van der Waals surface area contributed by atoms with Gasteiger partial charge in [-0.05, 0) is 43.2 Å². The van der Waals surface area contributed by atoms with E-state index in [-0.39, 0.29) is 5.89 Å². The number of benzene rings is 2. The van der Waals surface area contributed by atoms with E-state index in [0.717, 1.165) is 15.8 Å². The zero-order valence-corrected chi connectivity index (χ0v) is 15.5. The Kier molecular flexibility index (Phi) is 5.69. The van der Waals surface area contributed by atoms with Crippen molar-refractivity contribution in [1.82, 2.24) is 9.78 Å². The Bertz CT molecular complexity index is 1050. The third-order valence-electron chi connectivity index (χ3n) is 3.94. The van der Waals surface area contributed by atoms with E-state index < -0.39 is 30.8 Å². The van der Waals surface area contributed by atoms with Gasteiger partial charge in [0.15, 0.2) is 6.61 Å². The highest BCUT2D eigenvalue weighted by molar-refractivity contribution is 5.93. The van der Waals surface area contributed by atoms with Gasteiger partial charge in [-0.15, -0.1) is 5.10 Å². The number of aromatic nitrogens is 2. The first-order chi connectivity index (χ1) is 13.4. The molecule has 0 unspecified atom stereocenters. The Hall–Kier alpha value is -3.68. The van der Waals surface area contributed by atoms with E-state index in [4.69, 9.17) is 9.15 Å². The van der Waals surface area contributed by atoms with Gasteiger partial charge < -0.3 is 14.5 Å². The molecule has 0 fully saturated rings. The maximum Gasteiger partial charge on any atom is 0.437 e. The summed E-state index contributed by atoms with van der Waals surface area (Å²) in [6, 6.07) is 14.5. The Morgan fingerprint density at radius 2 is 1.89 bits per heavy atom. The van der Waals surface area contributed by atoms with Gasteiger partial charge in [0.05, 0.1) is 0 Å². The summed E-state index contributed by atoms with van der Waals surface area (Å²) >= 11 is 0. The predicted octanol–water partition coefficient (Wildman–Crippen LogP) is 2.30. The fraction of sp³-hybridized carbons (Fsp3) is 0.200. The number of hydrogen-bond donors (Lipinski definition) is 1. The van der Waals surface area contributed by atoms with Crippen LogP contribution < -0.4 is 11.1 Å². The molecule has 28 heavy (non-hydrogen) atoms. The van der Waals surface area contributed by atoms with Crippen LogP contribution in [-0.2, 0) is 20.9 Å². The lowest BCUT2D eigenvalue weighted by Crippen LogP contribution is -2.26. The van der Waals surface area contributed by atoms with E-state index in [1.165, 1.54) is 0 Å². The summed E-state index contributed by atoms with van der Waals surface area (Å²) in [4.78, 5) is 35.8. The average Bonchev–Trinajstić information content (AvgIpc) is 3.04. The molecule has 1 aromatic heterocycles. The van der Waals surface area contributed by atoms with Crippen LogP contribution >= 0.6 is 0 Å². The van der Waals surface area contributed by atoms with Crippen molar-refractivity contribution in [3.05, 3.63) is 70.2 Å². The Morgan fingerprint density at radius 3 is 2.64 bits per heavy atom. The van der Waals surface area contributed by atoms with Gasteiger partial charge in [-0.1, -0.05) is 30.3 Å². The van der Waals surface area contributed by atoms with Gasteiger partial charge in [0.1, 0.15) is 6.54 Å². The molecule has 0 saturated heterocycles. The molecular weight excluding hydrogens is 362 g/mol. The number of nitrogens with zero attached hydrogens (tertiary/aromatic N) is 2. The maximum absolute atomic E-state index is 12.0. The minimum atomic E-state index is -0.782. The highest BCUT2D eigenvalue weighted by atomic mass is 16.5. The lowest BCUT2D eigenvalue weighted by Gasteiger charge is -2.09. The van der Waals surface area contributed by atoms with E-state index in [1.54, 1.807) is 24.3 Å². The summed E-state index contributed by atoms with van der Waals surface area (Å²) in [7, 11) is 0. The van der Waals surface area contributed by atoms with Crippen LogP contribution in [0.1, 0.15) is 11.1 Å². The summed E-state index contributed by atoms with van der Waals surface area (Å²) in [6.07, 6.45) is 0. The lowest BCUT2D eigenvalue weighted by molar-refractivity contribution is -0.148. The minimum Gasteiger partial charge on any atom is -0.454 e. The van der Waals surface area contributed by atoms with Crippen LogP contribution in [0.25, 0.3) is 11.5 Å². The monoisotopic (exact) mass is 381 g/mol. The number of anilines is 1. The first-order valence-corrected chi connectivity index (χ1v) is 8.58. The number of carbonyl (C=O) groups is 2. The molecule has 0 atom stereocenters. The van der Waals surface area contributed by atoms with Gasteiger partial charge in [-0.3, -0.25) is 9.59 Å². The number of esters is 1. The van der Waals surface area contributed by atoms with Gasteiger partial charge in [-0.2, -0.15) is 4.68 Å². The summed E-state index contributed by atoms with van der Waals surface area (Å²) in [6.45, 7) is 2.85. The van der Waals surface area contributed by atoms with Gasteiger partial charge in [0.25, 0.3) is 5.91 Å².